The molecule has 118 valence electrons. The van der Waals surface area contributed by atoms with E-state index in [2.05, 4.69) is 60.8 Å². The van der Waals surface area contributed by atoms with E-state index < -0.39 is 0 Å². The number of carbonyl (C=O) groups is 1. The minimum absolute atomic E-state index is 0. The Bertz CT molecular complexity index is 603. The maximum Gasteiger partial charge on any atom is 0.222 e. The zero-order chi connectivity index (χ0) is 15.9. The van der Waals surface area contributed by atoms with Gasteiger partial charge in [-0.2, -0.15) is 0 Å². The van der Waals surface area contributed by atoms with E-state index in [1.807, 2.05) is 13.8 Å². The first kappa shape index (κ1) is 16.3. The Morgan fingerprint density at radius 2 is 1.45 bits per heavy atom. The van der Waals surface area contributed by atoms with Crippen LogP contribution in [0.15, 0.2) is 48.5 Å². The molecule has 2 rings (SSSR count). The summed E-state index contributed by atoms with van der Waals surface area (Å²) in [6, 6.07) is 17.2. The fourth-order valence-corrected chi connectivity index (χ4v) is 2.36. The van der Waals surface area contributed by atoms with Crippen LogP contribution in [0.1, 0.15) is 39.7 Å². The summed E-state index contributed by atoms with van der Waals surface area (Å²) in [5.41, 5.74) is 4.96. The number of rotatable bonds is 6. The molecule has 0 saturated carbocycles. The number of hydrogen-bond acceptors (Lipinski definition) is 1. The highest BCUT2D eigenvalue weighted by Gasteiger charge is 2.06. The molecule has 2 heteroatoms. The Morgan fingerprint density at radius 3 is 1.91 bits per heavy atom. The van der Waals surface area contributed by atoms with Crippen molar-refractivity contribution in [2.75, 3.05) is 0 Å². The van der Waals surface area contributed by atoms with Crippen molar-refractivity contribution in [1.82, 2.24) is 5.32 Å². The molecule has 0 unspecified atom stereocenters. The van der Waals surface area contributed by atoms with E-state index in [0.29, 0.717) is 6.54 Å². The Balaban J connectivity index is 0.00000264. The zero-order valence-electron chi connectivity index (χ0n) is 13.7. The van der Waals surface area contributed by atoms with Crippen molar-refractivity contribution in [2.24, 2.45) is 5.92 Å². The van der Waals surface area contributed by atoms with Crippen molar-refractivity contribution < 1.29 is 6.22 Å². The van der Waals surface area contributed by atoms with Gasteiger partial charge in [0.15, 0.2) is 0 Å². The quantitative estimate of drug-likeness (QED) is 0.813. The van der Waals surface area contributed by atoms with Gasteiger partial charge < -0.3 is 5.32 Å². The van der Waals surface area contributed by atoms with E-state index in [9.17, 15) is 4.79 Å². The highest BCUT2D eigenvalue weighted by atomic mass is 16.1. The first-order valence-corrected chi connectivity index (χ1v) is 8.06. The van der Waals surface area contributed by atoms with Crippen LogP contribution in [0.3, 0.4) is 0 Å². The Morgan fingerprint density at radius 1 is 0.955 bits per heavy atom. The van der Waals surface area contributed by atoms with Gasteiger partial charge in [-0.25, -0.2) is 0 Å². The van der Waals surface area contributed by atoms with Crippen LogP contribution in [-0.2, 0) is 17.8 Å². The summed E-state index contributed by atoms with van der Waals surface area (Å²) in [4.78, 5) is 11.6. The molecule has 0 fully saturated rings. The SMILES string of the molecule is CCCc1ccc(-c2ccc(CNC(=O)C(C)C)cc2)cc1.[HH]. The van der Waals surface area contributed by atoms with Gasteiger partial charge in [0, 0.05) is 13.9 Å². The summed E-state index contributed by atoms with van der Waals surface area (Å²) in [7, 11) is 0. The lowest BCUT2D eigenvalue weighted by atomic mass is 10.0. The first-order valence-electron chi connectivity index (χ1n) is 8.06. The third-order valence-electron chi connectivity index (χ3n) is 3.77. The van der Waals surface area contributed by atoms with Crippen molar-refractivity contribution >= 4 is 5.91 Å². The lowest BCUT2D eigenvalue weighted by molar-refractivity contribution is -0.124. The molecule has 0 aliphatic carbocycles. The summed E-state index contributed by atoms with van der Waals surface area (Å²) >= 11 is 0. The van der Waals surface area contributed by atoms with Gasteiger partial charge in [-0.05, 0) is 28.7 Å². The molecule has 2 nitrogen and oxygen atoms in total. The van der Waals surface area contributed by atoms with E-state index >= 15 is 0 Å². The number of amides is 1. The average Bonchev–Trinajstić information content (AvgIpc) is 2.54. The number of aryl methyl sites for hydroxylation is 1. The predicted octanol–water partition coefficient (Wildman–Crippen LogP) is 4.82. The van der Waals surface area contributed by atoms with E-state index in [0.717, 1.165) is 12.0 Å². The predicted molar refractivity (Wildman–Crippen MR) is 94.7 cm³/mol. The van der Waals surface area contributed by atoms with Gasteiger partial charge in [-0.1, -0.05) is 75.7 Å². The maximum absolute atomic E-state index is 11.6. The van der Waals surface area contributed by atoms with Crippen molar-refractivity contribution in [1.29, 1.82) is 0 Å². The van der Waals surface area contributed by atoms with Crippen LogP contribution in [0.4, 0.5) is 0 Å². The van der Waals surface area contributed by atoms with Crippen LogP contribution >= 0.6 is 0 Å². The molecule has 0 saturated heterocycles. The molecule has 0 radical (unpaired) electrons. The average molecular weight is 297 g/mol. The zero-order valence-corrected chi connectivity index (χ0v) is 13.7. The highest BCUT2D eigenvalue weighted by Crippen LogP contribution is 2.21. The molecule has 0 heterocycles. The molecule has 22 heavy (non-hydrogen) atoms. The molecule has 2 aromatic carbocycles. The smallest absolute Gasteiger partial charge is 0.222 e. The summed E-state index contributed by atoms with van der Waals surface area (Å²) in [5, 5.41) is 2.94. The second-order valence-electron chi connectivity index (χ2n) is 6.02. The van der Waals surface area contributed by atoms with Crippen molar-refractivity contribution in [3.05, 3.63) is 59.7 Å². The maximum atomic E-state index is 11.6. The van der Waals surface area contributed by atoms with Gasteiger partial charge in [-0.3, -0.25) is 4.79 Å². The Hall–Kier alpha value is -2.09. The summed E-state index contributed by atoms with van der Waals surface area (Å²) in [6.45, 7) is 6.60. The van der Waals surface area contributed by atoms with Gasteiger partial charge in [0.05, 0.1) is 0 Å². The van der Waals surface area contributed by atoms with Crippen LogP contribution in [0.25, 0.3) is 11.1 Å². The molecular formula is C20H27NO. The minimum atomic E-state index is 0. The third-order valence-corrected chi connectivity index (χ3v) is 3.77. The standard InChI is InChI=1S/C20H25NO.H2/c1-4-5-16-6-10-18(11-7-16)19-12-8-17(9-13-19)14-21-20(22)15(2)3;/h6-13,15H,4-5,14H2,1-3H3,(H,21,22);1H. The van der Waals surface area contributed by atoms with Crippen LogP contribution in [0.2, 0.25) is 0 Å². The van der Waals surface area contributed by atoms with Crippen molar-refractivity contribution in [2.45, 2.75) is 40.2 Å². The Labute approximate surface area is 135 Å². The van der Waals surface area contributed by atoms with Crippen LogP contribution < -0.4 is 5.32 Å². The van der Waals surface area contributed by atoms with Crippen LogP contribution in [0.5, 0.6) is 0 Å². The number of benzene rings is 2. The molecular weight excluding hydrogens is 270 g/mol. The van der Waals surface area contributed by atoms with Crippen molar-refractivity contribution in [3.8, 4) is 11.1 Å². The summed E-state index contributed by atoms with van der Waals surface area (Å²) < 4.78 is 0. The molecule has 0 bridgehead atoms. The fraction of sp³-hybridized carbons (Fsp3) is 0.350. The number of carbonyl (C=O) groups excluding carboxylic acids is 1. The van der Waals surface area contributed by atoms with E-state index in [-0.39, 0.29) is 13.3 Å². The minimum Gasteiger partial charge on any atom is -0.352 e. The molecule has 1 amide bonds. The highest BCUT2D eigenvalue weighted by molar-refractivity contribution is 5.77. The van der Waals surface area contributed by atoms with Gasteiger partial charge in [-0.15, -0.1) is 0 Å². The lowest BCUT2D eigenvalue weighted by Crippen LogP contribution is -2.27. The molecule has 1 N–H and O–H groups in total. The van der Waals surface area contributed by atoms with Gasteiger partial charge >= 0.3 is 0 Å². The normalized spacial score (nSPS) is 10.7. The monoisotopic (exact) mass is 297 g/mol. The van der Waals surface area contributed by atoms with Gasteiger partial charge in [0.25, 0.3) is 0 Å². The molecule has 0 aliphatic rings. The molecule has 0 atom stereocenters. The molecule has 2 aromatic rings. The topological polar surface area (TPSA) is 29.1 Å². The van der Waals surface area contributed by atoms with Gasteiger partial charge in [0.2, 0.25) is 5.91 Å². The molecule has 0 spiro atoms. The summed E-state index contributed by atoms with van der Waals surface area (Å²) in [5.74, 6) is 0.122. The second kappa shape index (κ2) is 7.79. The van der Waals surface area contributed by atoms with E-state index in [4.69, 9.17) is 0 Å². The first-order chi connectivity index (χ1) is 10.6. The van der Waals surface area contributed by atoms with Crippen molar-refractivity contribution in [3.63, 3.8) is 0 Å². The molecule has 0 aliphatic heterocycles. The number of nitrogens with one attached hydrogen (secondary N) is 1. The summed E-state index contributed by atoms with van der Waals surface area (Å²) in [6.07, 6.45) is 2.31. The lowest BCUT2D eigenvalue weighted by Gasteiger charge is -2.09. The van der Waals surface area contributed by atoms with E-state index in [1.54, 1.807) is 0 Å². The Kier molecular flexibility index (Phi) is 5.76. The van der Waals surface area contributed by atoms with E-state index in [1.165, 1.54) is 23.1 Å². The molecule has 0 aromatic heterocycles. The largest absolute Gasteiger partial charge is 0.352 e. The van der Waals surface area contributed by atoms with Crippen LogP contribution in [0, 0.1) is 5.92 Å². The fourth-order valence-electron chi connectivity index (χ4n) is 2.36. The second-order valence-corrected chi connectivity index (χ2v) is 6.02. The van der Waals surface area contributed by atoms with Gasteiger partial charge in [0.1, 0.15) is 0 Å². The third kappa shape index (κ3) is 4.45. The number of hydrogen-bond donors (Lipinski definition) is 1. The van der Waals surface area contributed by atoms with Crippen LogP contribution in [-0.4, -0.2) is 5.91 Å².